The van der Waals surface area contributed by atoms with Gasteiger partial charge in [-0.05, 0) is 80.7 Å². The van der Waals surface area contributed by atoms with Crippen LogP contribution >= 0.6 is 23.8 Å². The van der Waals surface area contributed by atoms with Crippen LogP contribution in [0.15, 0.2) is 66.7 Å². The van der Waals surface area contributed by atoms with E-state index in [1.54, 1.807) is 31.4 Å². The van der Waals surface area contributed by atoms with Gasteiger partial charge in [-0.2, -0.15) is 0 Å². The molecular weight excluding hydrogens is 498 g/mol. The molecular formula is C27H26ClN3O4S. The summed E-state index contributed by atoms with van der Waals surface area (Å²) in [6.07, 6.45) is 0. The first-order valence-corrected chi connectivity index (χ1v) is 12.4. The van der Waals surface area contributed by atoms with Crippen molar-refractivity contribution in [1.29, 1.82) is 0 Å². The second kappa shape index (κ2) is 9.52. The van der Waals surface area contributed by atoms with Crippen molar-refractivity contribution < 1.29 is 19.0 Å². The Morgan fingerprint density at radius 3 is 2.56 bits per heavy atom. The van der Waals surface area contributed by atoms with Crippen LogP contribution in [-0.2, 0) is 4.79 Å². The molecule has 0 spiro atoms. The van der Waals surface area contributed by atoms with Gasteiger partial charge < -0.3 is 24.8 Å². The number of nitrogens with one attached hydrogen (secondary N) is 2. The van der Waals surface area contributed by atoms with Gasteiger partial charge in [-0.15, -0.1) is 0 Å². The van der Waals surface area contributed by atoms with Crippen LogP contribution in [0.2, 0.25) is 5.02 Å². The summed E-state index contributed by atoms with van der Waals surface area (Å²) in [5, 5.41) is 7.47. The maximum atomic E-state index is 13.9. The highest BCUT2D eigenvalue weighted by atomic mass is 35.5. The van der Waals surface area contributed by atoms with Crippen molar-refractivity contribution in [3.63, 3.8) is 0 Å². The number of hydrogen-bond donors (Lipinski definition) is 2. The van der Waals surface area contributed by atoms with Gasteiger partial charge in [0.05, 0.1) is 19.8 Å². The lowest BCUT2D eigenvalue weighted by Crippen LogP contribution is -2.72. The fourth-order valence-electron chi connectivity index (χ4n) is 4.93. The normalized spacial score (nSPS) is 22.1. The topological polar surface area (TPSA) is 72.1 Å². The molecule has 0 saturated carbocycles. The molecule has 186 valence electrons. The Hall–Kier alpha value is -3.49. The number of ether oxygens (including phenoxy) is 3. The lowest BCUT2D eigenvalue weighted by Gasteiger charge is -2.56. The maximum Gasteiger partial charge on any atom is 0.236 e. The van der Waals surface area contributed by atoms with Gasteiger partial charge in [0.2, 0.25) is 5.91 Å². The summed E-state index contributed by atoms with van der Waals surface area (Å²) in [5.74, 6) is 1.01. The molecule has 3 aromatic carbocycles. The Morgan fingerprint density at radius 2 is 1.89 bits per heavy atom. The van der Waals surface area contributed by atoms with E-state index in [9.17, 15) is 4.79 Å². The molecule has 2 aliphatic heterocycles. The number of hydrogen-bond acceptors (Lipinski definition) is 5. The molecule has 1 amide bonds. The third-order valence-electron chi connectivity index (χ3n) is 6.51. The van der Waals surface area contributed by atoms with Gasteiger partial charge in [0.1, 0.15) is 11.7 Å². The highest BCUT2D eigenvalue weighted by Crippen LogP contribution is 2.52. The predicted octanol–water partition coefficient (Wildman–Crippen LogP) is 5.55. The highest BCUT2D eigenvalue weighted by Gasteiger charge is 2.59. The zero-order chi connectivity index (χ0) is 25.4. The smallest absolute Gasteiger partial charge is 0.236 e. The largest absolute Gasteiger partial charge is 0.494 e. The van der Waals surface area contributed by atoms with Crippen molar-refractivity contribution in [1.82, 2.24) is 5.32 Å². The van der Waals surface area contributed by atoms with E-state index < -0.39 is 17.7 Å². The summed E-state index contributed by atoms with van der Waals surface area (Å²) in [5.41, 5.74) is 1.03. The summed E-state index contributed by atoms with van der Waals surface area (Å²) in [6.45, 7) is 4.38. The second-order valence-electron chi connectivity index (χ2n) is 8.70. The number of carbonyl (C=O) groups excluding carboxylic acids is 1. The molecule has 3 aromatic rings. The first-order chi connectivity index (χ1) is 17.4. The van der Waals surface area contributed by atoms with Crippen molar-refractivity contribution in [3.05, 3.63) is 77.3 Å². The Bertz CT molecular complexity index is 1300. The summed E-state index contributed by atoms with van der Waals surface area (Å²) >= 11 is 11.9. The van der Waals surface area contributed by atoms with Crippen molar-refractivity contribution >= 4 is 46.2 Å². The molecule has 0 unspecified atom stereocenters. The van der Waals surface area contributed by atoms with Gasteiger partial charge >= 0.3 is 0 Å². The fraction of sp³-hybridized carbons (Fsp3) is 0.259. The molecule has 2 N–H and O–H groups in total. The summed E-state index contributed by atoms with van der Waals surface area (Å²) in [7, 11) is 1.60. The van der Waals surface area contributed by atoms with Gasteiger partial charge in [-0.25, -0.2) is 0 Å². The average Bonchev–Trinajstić information content (AvgIpc) is 2.86. The molecule has 0 radical (unpaired) electrons. The number of methoxy groups -OCH3 is 1. The van der Waals surface area contributed by atoms with Crippen LogP contribution < -0.4 is 29.7 Å². The zero-order valence-electron chi connectivity index (χ0n) is 20.1. The third-order valence-corrected chi connectivity index (χ3v) is 7.06. The summed E-state index contributed by atoms with van der Waals surface area (Å²) < 4.78 is 17.9. The van der Waals surface area contributed by atoms with Gasteiger partial charge in [-0.1, -0.05) is 23.7 Å². The number of anilines is 2. The minimum atomic E-state index is -1.17. The molecule has 36 heavy (non-hydrogen) atoms. The monoisotopic (exact) mass is 523 g/mol. The number of carbonyl (C=O) groups is 1. The predicted molar refractivity (Wildman–Crippen MR) is 144 cm³/mol. The van der Waals surface area contributed by atoms with Crippen LogP contribution in [0, 0.1) is 5.92 Å². The number of amides is 1. The van der Waals surface area contributed by atoms with E-state index in [2.05, 4.69) is 10.6 Å². The van der Waals surface area contributed by atoms with Gasteiger partial charge in [0, 0.05) is 22.0 Å². The fourth-order valence-corrected chi connectivity index (χ4v) is 5.47. The van der Waals surface area contributed by atoms with Crippen molar-refractivity contribution in [2.24, 2.45) is 5.92 Å². The van der Waals surface area contributed by atoms with E-state index in [-0.39, 0.29) is 5.91 Å². The number of benzene rings is 3. The van der Waals surface area contributed by atoms with Gasteiger partial charge in [0.15, 0.2) is 22.3 Å². The molecule has 2 heterocycles. The van der Waals surface area contributed by atoms with Crippen LogP contribution in [0.4, 0.5) is 11.4 Å². The Morgan fingerprint density at radius 1 is 1.17 bits per heavy atom. The lowest BCUT2D eigenvalue weighted by molar-refractivity contribution is -0.130. The standard InChI is InChI=1S/C27H26ClN3O4S/c1-4-34-19-14-12-18(13-15-19)31-26(36)30-23-20-6-5-7-21(33-3)24(20)35-27(31,2)22(23)25(32)29-17-10-8-16(28)9-11-17/h5-15,22-23H,4H2,1-3H3,(H,29,32)(H,30,36)/t22-,23-,27-/m0/s1. The van der Waals surface area contributed by atoms with Crippen LogP contribution in [0.3, 0.4) is 0 Å². The number of nitrogens with zero attached hydrogens (tertiary/aromatic N) is 1. The minimum Gasteiger partial charge on any atom is -0.494 e. The molecule has 0 aliphatic carbocycles. The van der Waals surface area contributed by atoms with E-state index >= 15 is 0 Å². The summed E-state index contributed by atoms with van der Waals surface area (Å²) in [4.78, 5) is 15.7. The van der Waals surface area contributed by atoms with Crippen molar-refractivity contribution in [2.75, 3.05) is 23.9 Å². The Labute approximate surface area is 220 Å². The first-order valence-electron chi connectivity index (χ1n) is 11.6. The van der Waals surface area contributed by atoms with Gasteiger partial charge in [-0.3, -0.25) is 9.69 Å². The Kier molecular flexibility index (Phi) is 6.40. The molecule has 5 rings (SSSR count). The van der Waals surface area contributed by atoms with Gasteiger partial charge in [0.25, 0.3) is 0 Å². The van der Waals surface area contributed by atoms with Crippen molar-refractivity contribution in [3.8, 4) is 17.2 Å². The van der Waals surface area contributed by atoms with Crippen LogP contribution in [0.5, 0.6) is 17.2 Å². The third kappa shape index (κ3) is 4.10. The van der Waals surface area contributed by atoms with Crippen LogP contribution in [0.25, 0.3) is 0 Å². The molecule has 3 atom stereocenters. The molecule has 2 bridgehead atoms. The Balaban J connectivity index is 1.61. The number of para-hydroxylation sites is 1. The van der Waals surface area contributed by atoms with E-state index in [0.29, 0.717) is 33.9 Å². The second-order valence-corrected chi connectivity index (χ2v) is 9.52. The minimum absolute atomic E-state index is 0.218. The molecule has 1 saturated heterocycles. The molecule has 2 aliphatic rings. The highest BCUT2D eigenvalue weighted by molar-refractivity contribution is 7.80. The summed E-state index contributed by atoms with van der Waals surface area (Å²) in [6, 6.07) is 19.7. The number of rotatable bonds is 6. The van der Waals surface area contributed by atoms with E-state index in [0.717, 1.165) is 17.0 Å². The number of fused-ring (bicyclic) bond motifs is 4. The molecule has 7 nitrogen and oxygen atoms in total. The lowest BCUT2D eigenvalue weighted by atomic mass is 9.78. The van der Waals surface area contributed by atoms with E-state index in [1.165, 1.54) is 0 Å². The number of thiocarbonyl (C=S) groups is 1. The molecule has 1 fully saturated rings. The van der Waals surface area contributed by atoms with E-state index in [1.807, 2.05) is 61.2 Å². The average molecular weight is 524 g/mol. The van der Waals surface area contributed by atoms with Crippen LogP contribution in [0.1, 0.15) is 25.5 Å². The molecule has 9 heteroatoms. The van der Waals surface area contributed by atoms with Crippen LogP contribution in [-0.4, -0.2) is 30.5 Å². The maximum absolute atomic E-state index is 13.9. The zero-order valence-corrected chi connectivity index (χ0v) is 21.7. The SMILES string of the molecule is CCOc1ccc(N2C(=S)N[C@H]3c4cccc(OC)c4O[C@@]2(C)[C@@H]3C(=O)Nc2ccc(Cl)cc2)cc1. The quantitative estimate of drug-likeness (QED) is 0.411. The van der Waals surface area contributed by atoms with E-state index in [4.69, 9.17) is 38.0 Å². The first kappa shape index (κ1) is 24.2. The van der Waals surface area contributed by atoms with Crippen molar-refractivity contribution in [2.45, 2.75) is 25.6 Å². The molecule has 0 aromatic heterocycles. The number of halogens is 1.